The van der Waals surface area contributed by atoms with Crippen molar-refractivity contribution < 1.29 is 9.31 Å². The number of hydrogen-bond donors (Lipinski definition) is 0. The van der Waals surface area contributed by atoms with E-state index < -0.39 is 7.12 Å². The lowest BCUT2D eigenvalue weighted by Gasteiger charge is -2.32. The molecule has 0 aromatic carbocycles. The van der Waals surface area contributed by atoms with E-state index in [0.29, 0.717) is 0 Å². The first-order valence-electron chi connectivity index (χ1n) is 6.47. The zero-order chi connectivity index (χ0) is 13.8. The van der Waals surface area contributed by atoms with Crippen LogP contribution in [0, 0.1) is 6.92 Å². The lowest BCUT2D eigenvalue weighted by Crippen LogP contribution is -2.41. The van der Waals surface area contributed by atoms with Gasteiger partial charge in [-0.3, -0.25) is 0 Å². The number of aryl methyl sites for hydroxylation is 1. The van der Waals surface area contributed by atoms with E-state index in [0.717, 1.165) is 16.9 Å². The average molecular weight is 259 g/mol. The fourth-order valence-corrected chi connectivity index (χ4v) is 2.18. The second-order valence-electron chi connectivity index (χ2n) is 6.01. The largest absolute Gasteiger partial charge is 0.514 e. The first-order chi connectivity index (χ1) is 8.80. The minimum absolute atomic E-state index is 0.348. The first kappa shape index (κ1) is 12.6. The van der Waals surface area contributed by atoms with Gasteiger partial charge in [-0.25, -0.2) is 9.50 Å². The Hall–Kier alpha value is -1.40. The molecular weight excluding hydrogens is 241 g/mol. The van der Waals surface area contributed by atoms with E-state index in [1.54, 1.807) is 10.7 Å². The topological polar surface area (TPSA) is 48.7 Å². The smallest absolute Gasteiger partial charge is 0.398 e. The lowest BCUT2D eigenvalue weighted by atomic mass is 9.84. The maximum atomic E-state index is 6.02. The van der Waals surface area contributed by atoms with Gasteiger partial charge in [-0.05, 0) is 40.7 Å². The summed E-state index contributed by atoms with van der Waals surface area (Å²) in [5.74, 6) is 0. The quantitative estimate of drug-likeness (QED) is 0.725. The molecule has 0 saturated carbocycles. The fourth-order valence-electron chi connectivity index (χ4n) is 2.18. The summed E-state index contributed by atoms with van der Waals surface area (Å²) in [6.45, 7) is 10.2. The Balaban J connectivity index is 2.02. The Morgan fingerprint density at radius 3 is 2.42 bits per heavy atom. The number of nitrogens with zero attached hydrogens (tertiary/aromatic N) is 3. The van der Waals surface area contributed by atoms with Crippen LogP contribution in [0.1, 0.15) is 33.4 Å². The van der Waals surface area contributed by atoms with Gasteiger partial charge in [0.15, 0.2) is 5.65 Å². The number of hydrogen-bond acceptors (Lipinski definition) is 4. The molecule has 1 aliphatic heterocycles. The molecular formula is C13H18BN3O2. The van der Waals surface area contributed by atoms with Crippen molar-refractivity contribution in [1.82, 2.24) is 14.6 Å². The maximum absolute atomic E-state index is 6.02. The van der Waals surface area contributed by atoms with Crippen molar-refractivity contribution in [3.63, 3.8) is 0 Å². The van der Waals surface area contributed by atoms with Gasteiger partial charge in [0.25, 0.3) is 0 Å². The van der Waals surface area contributed by atoms with E-state index in [4.69, 9.17) is 9.31 Å². The Morgan fingerprint density at radius 1 is 1.16 bits per heavy atom. The van der Waals surface area contributed by atoms with Gasteiger partial charge in [-0.2, -0.15) is 5.10 Å². The van der Waals surface area contributed by atoms with Crippen molar-refractivity contribution in [1.29, 1.82) is 0 Å². The van der Waals surface area contributed by atoms with Gasteiger partial charge in [-0.15, -0.1) is 0 Å². The second-order valence-corrected chi connectivity index (χ2v) is 6.01. The van der Waals surface area contributed by atoms with Crippen LogP contribution in [-0.2, 0) is 9.31 Å². The molecule has 0 N–H and O–H groups in total. The van der Waals surface area contributed by atoms with Crippen molar-refractivity contribution in [2.75, 3.05) is 0 Å². The predicted molar refractivity (Wildman–Crippen MR) is 73.4 cm³/mol. The molecule has 3 heterocycles. The normalized spacial score (nSPS) is 21.2. The van der Waals surface area contributed by atoms with E-state index in [1.165, 1.54) is 0 Å². The molecule has 1 fully saturated rings. The standard InChI is InChI=1S/C13H18BN3O2/c1-9-8-10(16-11-6-7-15-17(9)11)14-18-12(2,3)13(4,5)19-14/h6-8H,1-5H3. The summed E-state index contributed by atoms with van der Waals surface area (Å²) in [4.78, 5) is 4.56. The molecule has 19 heavy (non-hydrogen) atoms. The van der Waals surface area contributed by atoms with Crippen molar-refractivity contribution in [3.8, 4) is 0 Å². The van der Waals surface area contributed by atoms with Gasteiger partial charge >= 0.3 is 7.12 Å². The highest BCUT2D eigenvalue weighted by Gasteiger charge is 2.52. The van der Waals surface area contributed by atoms with E-state index in [9.17, 15) is 0 Å². The molecule has 0 unspecified atom stereocenters. The molecule has 5 nitrogen and oxygen atoms in total. The molecule has 0 spiro atoms. The van der Waals surface area contributed by atoms with E-state index in [1.807, 2.05) is 46.8 Å². The summed E-state index contributed by atoms with van der Waals surface area (Å²) in [6, 6.07) is 3.84. The van der Waals surface area contributed by atoms with Gasteiger partial charge in [-0.1, -0.05) is 0 Å². The van der Waals surface area contributed by atoms with Crippen molar-refractivity contribution >= 4 is 18.4 Å². The van der Waals surface area contributed by atoms with Crippen LogP contribution in [0.5, 0.6) is 0 Å². The number of rotatable bonds is 1. The summed E-state index contributed by atoms with van der Waals surface area (Å²) in [5.41, 5.74) is 1.92. The van der Waals surface area contributed by atoms with Crippen molar-refractivity contribution in [2.45, 2.75) is 45.8 Å². The molecule has 6 heteroatoms. The molecule has 0 amide bonds. The monoisotopic (exact) mass is 259 g/mol. The van der Waals surface area contributed by atoms with Gasteiger partial charge in [0.2, 0.25) is 0 Å². The number of fused-ring (bicyclic) bond motifs is 1. The van der Waals surface area contributed by atoms with Crippen molar-refractivity contribution in [3.05, 3.63) is 24.0 Å². The molecule has 0 radical (unpaired) electrons. The van der Waals surface area contributed by atoms with Crippen LogP contribution in [-0.4, -0.2) is 32.9 Å². The summed E-state index contributed by atoms with van der Waals surface area (Å²) in [6.07, 6.45) is 1.74. The van der Waals surface area contributed by atoms with Crippen LogP contribution in [0.3, 0.4) is 0 Å². The van der Waals surface area contributed by atoms with Gasteiger partial charge in [0.05, 0.1) is 23.0 Å². The van der Waals surface area contributed by atoms with E-state index >= 15 is 0 Å². The van der Waals surface area contributed by atoms with Crippen LogP contribution in [0.15, 0.2) is 18.3 Å². The molecule has 0 aliphatic carbocycles. The highest BCUT2D eigenvalue weighted by molar-refractivity contribution is 6.61. The van der Waals surface area contributed by atoms with Crippen LogP contribution in [0.25, 0.3) is 5.65 Å². The Kier molecular flexibility index (Phi) is 2.53. The molecule has 0 atom stereocenters. The van der Waals surface area contributed by atoms with Crippen molar-refractivity contribution in [2.24, 2.45) is 0 Å². The zero-order valence-corrected chi connectivity index (χ0v) is 12.0. The average Bonchev–Trinajstić information content (AvgIpc) is 2.82. The molecule has 3 rings (SSSR count). The Bertz CT molecular complexity index is 620. The third kappa shape index (κ3) is 1.86. The summed E-state index contributed by atoms with van der Waals surface area (Å²) in [5, 5.41) is 4.22. The predicted octanol–water partition coefficient (Wildman–Crippen LogP) is 1.34. The van der Waals surface area contributed by atoms with E-state index in [-0.39, 0.29) is 11.2 Å². The fraction of sp³-hybridized carbons (Fsp3) is 0.538. The molecule has 2 aromatic heterocycles. The lowest BCUT2D eigenvalue weighted by molar-refractivity contribution is 0.00578. The third-order valence-electron chi connectivity index (χ3n) is 4.05. The SMILES string of the molecule is Cc1cc(B2OC(C)(C)C(C)(C)O2)nc2ccnn12. The number of aromatic nitrogens is 3. The van der Waals surface area contributed by atoms with E-state index in [2.05, 4.69) is 10.1 Å². The minimum atomic E-state index is -0.427. The summed E-state index contributed by atoms with van der Waals surface area (Å²) >= 11 is 0. The highest BCUT2D eigenvalue weighted by Crippen LogP contribution is 2.36. The zero-order valence-electron chi connectivity index (χ0n) is 12.0. The Morgan fingerprint density at radius 2 is 1.79 bits per heavy atom. The molecule has 1 aliphatic rings. The summed E-state index contributed by atoms with van der Waals surface area (Å²) in [7, 11) is -0.427. The highest BCUT2D eigenvalue weighted by atomic mass is 16.7. The first-order valence-corrected chi connectivity index (χ1v) is 6.47. The maximum Gasteiger partial charge on any atom is 0.514 e. The van der Waals surface area contributed by atoms with Gasteiger partial charge < -0.3 is 9.31 Å². The van der Waals surface area contributed by atoms with Gasteiger partial charge in [0, 0.05) is 11.8 Å². The molecule has 100 valence electrons. The van der Waals surface area contributed by atoms with Crippen LogP contribution in [0.4, 0.5) is 0 Å². The third-order valence-corrected chi connectivity index (χ3v) is 4.05. The van der Waals surface area contributed by atoms with Crippen LogP contribution < -0.4 is 5.59 Å². The Labute approximate surface area is 113 Å². The summed E-state index contributed by atoms with van der Waals surface area (Å²) < 4.78 is 13.8. The molecule has 2 aromatic rings. The molecule has 1 saturated heterocycles. The molecule has 0 bridgehead atoms. The minimum Gasteiger partial charge on any atom is -0.398 e. The van der Waals surface area contributed by atoms with Crippen LogP contribution >= 0.6 is 0 Å². The second kappa shape index (κ2) is 3.80. The van der Waals surface area contributed by atoms with Crippen LogP contribution in [0.2, 0.25) is 0 Å². The van der Waals surface area contributed by atoms with Gasteiger partial charge in [0.1, 0.15) is 0 Å².